The third-order valence-electron chi connectivity index (χ3n) is 2.80. The number of aromatic nitrogens is 2. The summed E-state index contributed by atoms with van der Waals surface area (Å²) in [6, 6.07) is 3.50. The van der Waals surface area contributed by atoms with E-state index in [1.54, 1.807) is 25.4 Å². The molecule has 2 heterocycles. The fourth-order valence-electron chi connectivity index (χ4n) is 1.93. The van der Waals surface area contributed by atoms with E-state index >= 15 is 0 Å². The van der Waals surface area contributed by atoms with Gasteiger partial charge in [-0.25, -0.2) is 9.78 Å². The van der Waals surface area contributed by atoms with Crippen LogP contribution in [0.1, 0.15) is 23.2 Å². The van der Waals surface area contributed by atoms with Crippen LogP contribution in [-0.2, 0) is 11.2 Å². The molecule has 0 spiro atoms. The fraction of sp³-hybridized carbons (Fsp3) is 0.385. The van der Waals surface area contributed by atoms with Crippen LogP contribution in [0.2, 0.25) is 0 Å². The Bertz CT molecular complexity index is 604. The van der Waals surface area contributed by atoms with Crippen molar-refractivity contribution in [3.63, 3.8) is 0 Å². The average Bonchev–Trinajstić information content (AvgIpc) is 2.75. The van der Waals surface area contributed by atoms with Gasteiger partial charge in [-0.3, -0.25) is 4.40 Å². The lowest BCUT2D eigenvalue weighted by molar-refractivity contribution is 0.0596. The summed E-state index contributed by atoms with van der Waals surface area (Å²) in [6.45, 7) is 1.89. The number of pyridine rings is 1. The molecule has 1 atom stereocenters. The summed E-state index contributed by atoms with van der Waals surface area (Å²) in [7, 11) is 2.92. The Morgan fingerprint density at radius 3 is 2.79 bits per heavy atom. The molecule has 0 radical (unpaired) electrons. The van der Waals surface area contributed by atoms with Crippen LogP contribution in [0.15, 0.2) is 18.3 Å². The number of hydrogen-bond donors (Lipinski definition) is 1. The number of esters is 1. The smallest absolute Gasteiger partial charge is 0.358 e. The molecular weight excluding hydrogens is 246 g/mol. The molecule has 1 unspecified atom stereocenters. The van der Waals surface area contributed by atoms with Crippen molar-refractivity contribution in [2.24, 2.45) is 5.73 Å². The zero-order valence-electron chi connectivity index (χ0n) is 11.2. The van der Waals surface area contributed by atoms with E-state index in [0.29, 0.717) is 29.2 Å². The molecule has 2 aromatic heterocycles. The number of nitrogens with zero attached hydrogens (tertiary/aromatic N) is 2. The second kappa shape index (κ2) is 5.27. The van der Waals surface area contributed by atoms with Gasteiger partial charge in [0.2, 0.25) is 0 Å². The second-order valence-electron chi connectivity index (χ2n) is 4.37. The predicted molar refractivity (Wildman–Crippen MR) is 70.4 cm³/mol. The summed E-state index contributed by atoms with van der Waals surface area (Å²) in [6.07, 6.45) is 2.35. The van der Waals surface area contributed by atoms with Gasteiger partial charge in [0.1, 0.15) is 11.6 Å². The monoisotopic (exact) mass is 263 g/mol. The Hall–Kier alpha value is -2.08. The normalized spacial score (nSPS) is 12.4. The first-order valence-corrected chi connectivity index (χ1v) is 5.95. The molecule has 0 aliphatic carbocycles. The van der Waals surface area contributed by atoms with E-state index in [2.05, 4.69) is 4.98 Å². The molecule has 0 aliphatic rings. The molecule has 2 aromatic rings. The van der Waals surface area contributed by atoms with E-state index in [9.17, 15) is 4.79 Å². The van der Waals surface area contributed by atoms with Gasteiger partial charge >= 0.3 is 5.97 Å². The molecule has 0 saturated heterocycles. The average molecular weight is 263 g/mol. The Labute approximate surface area is 111 Å². The van der Waals surface area contributed by atoms with Crippen molar-refractivity contribution in [1.29, 1.82) is 0 Å². The summed E-state index contributed by atoms with van der Waals surface area (Å²) >= 11 is 0. The minimum absolute atomic E-state index is 0.0534. The molecule has 102 valence electrons. The number of ether oxygens (including phenoxy) is 2. The summed E-state index contributed by atoms with van der Waals surface area (Å²) < 4.78 is 11.7. The third kappa shape index (κ3) is 2.53. The minimum atomic E-state index is -0.460. The molecule has 6 heteroatoms. The van der Waals surface area contributed by atoms with Crippen molar-refractivity contribution in [3.05, 3.63) is 29.8 Å². The van der Waals surface area contributed by atoms with E-state index in [1.807, 2.05) is 11.3 Å². The van der Waals surface area contributed by atoms with Gasteiger partial charge in [-0.05, 0) is 19.1 Å². The van der Waals surface area contributed by atoms with Crippen LogP contribution in [0, 0.1) is 0 Å². The van der Waals surface area contributed by atoms with E-state index in [1.165, 1.54) is 7.11 Å². The van der Waals surface area contributed by atoms with Crippen LogP contribution in [-0.4, -0.2) is 35.6 Å². The number of imidazole rings is 1. The second-order valence-corrected chi connectivity index (χ2v) is 4.37. The number of carbonyl (C=O) groups excluding carboxylic acids is 1. The molecule has 0 saturated carbocycles. The highest BCUT2D eigenvalue weighted by Crippen LogP contribution is 2.20. The molecule has 2 N–H and O–H groups in total. The van der Waals surface area contributed by atoms with E-state index in [0.717, 1.165) is 0 Å². The van der Waals surface area contributed by atoms with Crippen molar-refractivity contribution >= 4 is 11.5 Å². The van der Waals surface area contributed by atoms with Gasteiger partial charge in [0.05, 0.1) is 25.9 Å². The van der Waals surface area contributed by atoms with Gasteiger partial charge < -0.3 is 15.2 Å². The van der Waals surface area contributed by atoms with E-state index < -0.39 is 5.97 Å². The Balaban J connectivity index is 2.62. The van der Waals surface area contributed by atoms with Crippen molar-refractivity contribution in [2.75, 3.05) is 14.2 Å². The summed E-state index contributed by atoms with van der Waals surface area (Å²) in [5.74, 6) is 0.940. The third-order valence-corrected chi connectivity index (χ3v) is 2.80. The first kappa shape index (κ1) is 13.4. The van der Waals surface area contributed by atoms with Crippen LogP contribution in [0.25, 0.3) is 5.52 Å². The SMILES string of the molecule is COC(=O)c1nc(CC(C)N)n2cc(OC)ccc12. The van der Waals surface area contributed by atoms with Crippen molar-refractivity contribution in [3.8, 4) is 5.75 Å². The van der Waals surface area contributed by atoms with E-state index in [-0.39, 0.29) is 6.04 Å². The molecule has 0 fully saturated rings. The maximum Gasteiger partial charge on any atom is 0.358 e. The Morgan fingerprint density at radius 2 is 2.21 bits per heavy atom. The van der Waals surface area contributed by atoms with Crippen LogP contribution < -0.4 is 10.5 Å². The summed E-state index contributed by atoms with van der Waals surface area (Å²) in [4.78, 5) is 16.0. The maximum atomic E-state index is 11.7. The Morgan fingerprint density at radius 1 is 1.47 bits per heavy atom. The van der Waals surface area contributed by atoms with Crippen molar-refractivity contribution < 1.29 is 14.3 Å². The van der Waals surface area contributed by atoms with Gasteiger partial charge in [0, 0.05) is 12.5 Å². The first-order valence-electron chi connectivity index (χ1n) is 5.95. The Kier molecular flexibility index (Phi) is 3.71. The largest absolute Gasteiger partial charge is 0.495 e. The van der Waals surface area contributed by atoms with Crippen LogP contribution in [0.5, 0.6) is 5.75 Å². The molecular formula is C13H17N3O3. The lowest BCUT2D eigenvalue weighted by Crippen LogP contribution is -2.19. The molecule has 0 aliphatic heterocycles. The van der Waals surface area contributed by atoms with Crippen molar-refractivity contribution in [1.82, 2.24) is 9.38 Å². The van der Waals surface area contributed by atoms with Gasteiger partial charge in [-0.2, -0.15) is 0 Å². The number of carbonyl (C=O) groups is 1. The standard InChI is InChI=1S/C13H17N3O3/c1-8(14)6-11-15-12(13(17)19-3)10-5-4-9(18-2)7-16(10)11/h4-5,7-8H,6,14H2,1-3H3. The van der Waals surface area contributed by atoms with E-state index in [4.69, 9.17) is 15.2 Å². The number of methoxy groups -OCH3 is 2. The number of rotatable bonds is 4. The van der Waals surface area contributed by atoms with Gasteiger partial charge in [0.25, 0.3) is 0 Å². The summed E-state index contributed by atoms with van der Waals surface area (Å²) in [5.41, 5.74) is 6.78. The quantitative estimate of drug-likeness (QED) is 0.833. The molecule has 19 heavy (non-hydrogen) atoms. The summed E-state index contributed by atoms with van der Waals surface area (Å²) in [5, 5.41) is 0. The van der Waals surface area contributed by atoms with Gasteiger partial charge in [-0.15, -0.1) is 0 Å². The highest BCUT2D eigenvalue weighted by atomic mass is 16.5. The molecule has 6 nitrogen and oxygen atoms in total. The number of fused-ring (bicyclic) bond motifs is 1. The minimum Gasteiger partial charge on any atom is -0.495 e. The maximum absolute atomic E-state index is 11.7. The van der Waals surface area contributed by atoms with Crippen LogP contribution in [0.4, 0.5) is 0 Å². The highest BCUT2D eigenvalue weighted by Gasteiger charge is 2.18. The van der Waals surface area contributed by atoms with Crippen LogP contribution >= 0.6 is 0 Å². The number of nitrogens with two attached hydrogens (primary N) is 1. The first-order chi connectivity index (χ1) is 9.06. The predicted octanol–water partition coefficient (Wildman–Crippen LogP) is 1.02. The lowest BCUT2D eigenvalue weighted by atomic mass is 10.2. The lowest BCUT2D eigenvalue weighted by Gasteiger charge is -2.05. The number of hydrogen-bond acceptors (Lipinski definition) is 5. The molecule has 0 amide bonds. The van der Waals surface area contributed by atoms with Crippen molar-refractivity contribution in [2.45, 2.75) is 19.4 Å². The molecule has 0 bridgehead atoms. The topological polar surface area (TPSA) is 78.8 Å². The zero-order valence-corrected chi connectivity index (χ0v) is 11.2. The van der Waals surface area contributed by atoms with Gasteiger partial charge in [-0.1, -0.05) is 0 Å². The molecule has 2 rings (SSSR count). The van der Waals surface area contributed by atoms with Gasteiger partial charge in [0.15, 0.2) is 5.69 Å². The fourth-order valence-corrected chi connectivity index (χ4v) is 1.93. The van der Waals surface area contributed by atoms with Crippen LogP contribution in [0.3, 0.4) is 0 Å². The zero-order chi connectivity index (χ0) is 14.0. The molecule has 0 aromatic carbocycles. The highest BCUT2D eigenvalue weighted by molar-refractivity contribution is 5.95.